The van der Waals surface area contributed by atoms with Gasteiger partial charge in [-0.3, -0.25) is 9.59 Å². The predicted octanol–water partition coefficient (Wildman–Crippen LogP) is 3.04. The number of hydrogen-bond donors (Lipinski definition) is 3. The van der Waals surface area contributed by atoms with Crippen LogP contribution in [-0.4, -0.2) is 37.7 Å². The highest BCUT2D eigenvalue weighted by Gasteiger charge is 2.22. The van der Waals surface area contributed by atoms with Gasteiger partial charge in [0.2, 0.25) is 0 Å². The molecule has 3 rings (SSSR count). The fourth-order valence-corrected chi connectivity index (χ4v) is 3.23. The number of anilines is 1. The van der Waals surface area contributed by atoms with Crippen molar-refractivity contribution in [3.05, 3.63) is 68.5 Å². The van der Waals surface area contributed by atoms with Gasteiger partial charge in [-0.2, -0.15) is 5.10 Å². The van der Waals surface area contributed by atoms with Crippen LogP contribution < -0.4 is 11.1 Å². The molecule has 0 aliphatic carbocycles. The van der Waals surface area contributed by atoms with E-state index in [0.717, 1.165) is 6.07 Å². The largest absolute Gasteiger partial charge is 0.478 e. The summed E-state index contributed by atoms with van der Waals surface area (Å²) in [5.74, 6) is -2.49. The van der Waals surface area contributed by atoms with Crippen LogP contribution in [0.15, 0.2) is 41.1 Å². The number of primary amides is 1. The lowest BCUT2D eigenvalue weighted by molar-refractivity contribution is 0.0696. The van der Waals surface area contributed by atoms with Crippen LogP contribution in [0.5, 0.6) is 0 Å². The summed E-state index contributed by atoms with van der Waals surface area (Å²) < 4.78 is 1.60. The van der Waals surface area contributed by atoms with Crippen LogP contribution >= 0.6 is 27.5 Å². The standard InChI is InChI=1S/C18H13BrClN5O4/c1-8-5-9(18(28)29)6-10(15(21)26)14(8)23-17(27)12-7-13(19)24-25(12)16-11(20)3-2-4-22-16/h2-7H,1H3,(H2,21,26)(H,23,27)(H,28,29). The third kappa shape index (κ3) is 4.13. The van der Waals surface area contributed by atoms with E-state index in [0.29, 0.717) is 10.2 Å². The maximum absolute atomic E-state index is 12.9. The molecule has 9 nitrogen and oxygen atoms in total. The van der Waals surface area contributed by atoms with Crippen LogP contribution in [0.2, 0.25) is 5.02 Å². The Hall–Kier alpha value is -3.24. The van der Waals surface area contributed by atoms with E-state index in [1.54, 1.807) is 19.1 Å². The monoisotopic (exact) mass is 477 g/mol. The van der Waals surface area contributed by atoms with Gasteiger partial charge >= 0.3 is 5.97 Å². The van der Waals surface area contributed by atoms with Crippen molar-refractivity contribution < 1.29 is 19.5 Å². The third-order valence-corrected chi connectivity index (χ3v) is 4.62. The minimum atomic E-state index is -1.22. The molecule has 0 aliphatic rings. The first-order valence-electron chi connectivity index (χ1n) is 8.04. The molecule has 29 heavy (non-hydrogen) atoms. The Morgan fingerprint density at radius 2 is 2.00 bits per heavy atom. The Morgan fingerprint density at radius 1 is 1.28 bits per heavy atom. The number of pyridine rings is 1. The van der Waals surface area contributed by atoms with E-state index in [1.807, 2.05) is 0 Å². The van der Waals surface area contributed by atoms with E-state index in [9.17, 15) is 19.5 Å². The van der Waals surface area contributed by atoms with E-state index >= 15 is 0 Å². The zero-order chi connectivity index (χ0) is 21.3. The van der Waals surface area contributed by atoms with Crippen molar-refractivity contribution in [1.82, 2.24) is 14.8 Å². The van der Waals surface area contributed by atoms with Crippen molar-refractivity contribution in [3.8, 4) is 5.82 Å². The van der Waals surface area contributed by atoms with Gasteiger partial charge in [-0.25, -0.2) is 14.5 Å². The van der Waals surface area contributed by atoms with Gasteiger partial charge in [0.15, 0.2) is 5.82 Å². The Labute approximate surface area is 177 Å². The smallest absolute Gasteiger partial charge is 0.335 e. The number of carboxylic acids is 1. The topological polar surface area (TPSA) is 140 Å². The molecule has 2 aromatic heterocycles. The van der Waals surface area contributed by atoms with Crippen LogP contribution in [0, 0.1) is 6.92 Å². The molecule has 148 valence electrons. The van der Waals surface area contributed by atoms with Gasteiger partial charge in [-0.15, -0.1) is 0 Å². The zero-order valence-corrected chi connectivity index (χ0v) is 17.2. The lowest BCUT2D eigenvalue weighted by Gasteiger charge is -2.14. The number of benzene rings is 1. The molecule has 0 spiro atoms. The Morgan fingerprint density at radius 3 is 2.62 bits per heavy atom. The van der Waals surface area contributed by atoms with E-state index in [4.69, 9.17) is 17.3 Å². The number of carbonyl (C=O) groups excluding carboxylic acids is 2. The minimum Gasteiger partial charge on any atom is -0.478 e. The van der Waals surface area contributed by atoms with Crippen LogP contribution in [-0.2, 0) is 0 Å². The van der Waals surface area contributed by atoms with Crippen LogP contribution in [0.3, 0.4) is 0 Å². The summed E-state index contributed by atoms with van der Waals surface area (Å²) in [5.41, 5.74) is 5.66. The highest BCUT2D eigenvalue weighted by Crippen LogP contribution is 2.26. The number of nitrogens with one attached hydrogen (secondary N) is 1. The van der Waals surface area contributed by atoms with Gasteiger partial charge < -0.3 is 16.2 Å². The van der Waals surface area contributed by atoms with Gasteiger partial charge in [-0.05, 0) is 52.7 Å². The van der Waals surface area contributed by atoms with Crippen molar-refractivity contribution in [2.45, 2.75) is 6.92 Å². The van der Waals surface area contributed by atoms with Crippen molar-refractivity contribution in [1.29, 1.82) is 0 Å². The maximum Gasteiger partial charge on any atom is 0.335 e. The molecular formula is C18H13BrClN5O4. The normalized spacial score (nSPS) is 10.6. The molecule has 0 aliphatic heterocycles. The summed E-state index contributed by atoms with van der Waals surface area (Å²) in [6.07, 6.45) is 1.50. The Balaban J connectivity index is 2.06. The number of halogens is 2. The van der Waals surface area contributed by atoms with Gasteiger partial charge in [0.1, 0.15) is 10.3 Å². The Bertz CT molecular complexity index is 1160. The van der Waals surface area contributed by atoms with Gasteiger partial charge in [0, 0.05) is 12.3 Å². The average Bonchev–Trinajstić information content (AvgIpc) is 3.04. The first-order valence-corrected chi connectivity index (χ1v) is 9.21. The molecule has 2 amide bonds. The summed E-state index contributed by atoms with van der Waals surface area (Å²) in [6, 6.07) is 7.12. The molecular weight excluding hydrogens is 466 g/mol. The number of nitrogens with two attached hydrogens (primary N) is 1. The number of carboxylic acid groups (broad SMARTS) is 1. The summed E-state index contributed by atoms with van der Waals surface area (Å²) >= 11 is 9.37. The van der Waals surface area contributed by atoms with Crippen molar-refractivity contribution in [2.75, 3.05) is 5.32 Å². The fourth-order valence-electron chi connectivity index (χ4n) is 2.66. The number of carbonyl (C=O) groups is 3. The van der Waals surface area contributed by atoms with E-state index < -0.39 is 17.8 Å². The van der Waals surface area contributed by atoms with Crippen molar-refractivity contribution in [3.63, 3.8) is 0 Å². The quantitative estimate of drug-likeness (QED) is 0.515. The molecule has 0 saturated heterocycles. The predicted molar refractivity (Wildman–Crippen MR) is 109 cm³/mol. The van der Waals surface area contributed by atoms with E-state index in [1.165, 1.54) is 23.0 Å². The number of aryl methyl sites for hydroxylation is 1. The lowest BCUT2D eigenvalue weighted by Crippen LogP contribution is -2.22. The summed E-state index contributed by atoms with van der Waals surface area (Å²) in [4.78, 5) is 40.2. The molecule has 11 heteroatoms. The summed E-state index contributed by atoms with van der Waals surface area (Å²) in [6.45, 7) is 1.55. The zero-order valence-electron chi connectivity index (χ0n) is 14.8. The maximum atomic E-state index is 12.9. The van der Waals surface area contributed by atoms with E-state index in [2.05, 4.69) is 31.3 Å². The van der Waals surface area contributed by atoms with Gasteiger partial charge in [0.25, 0.3) is 11.8 Å². The molecule has 0 fully saturated rings. The number of aromatic carboxylic acids is 1. The van der Waals surface area contributed by atoms with E-state index in [-0.39, 0.29) is 33.3 Å². The molecule has 0 atom stereocenters. The number of rotatable bonds is 5. The highest BCUT2D eigenvalue weighted by molar-refractivity contribution is 9.10. The Kier molecular flexibility index (Phi) is 5.66. The second kappa shape index (κ2) is 8.02. The third-order valence-electron chi connectivity index (χ3n) is 3.94. The van der Waals surface area contributed by atoms with Crippen LogP contribution in [0.1, 0.15) is 36.8 Å². The second-order valence-corrected chi connectivity index (χ2v) is 7.13. The van der Waals surface area contributed by atoms with Crippen molar-refractivity contribution in [2.24, 2.45) is 5.73 Å². The van der Waals surface area contributed by atoms with Gasteiger partial charge in [0.05, 0.1) is 21.8 Å². The number of amides is 2. The number of nitrogens with zero attached hydrogens (tertiary/aromatic N) is 3. The number of aromatic nitrogens is 3. The fraction of sp³-hybridized carbons (Fsp3) is 0.0556. The second-order valence-electron chi connectivity index (χ2n) is 5.91. The molecule has 1 aromatic carbocycles. The average molecular weight is 479 g/mol. The first kappa shape index (κ1) is 20.5. The molecule has 0 bridgehead atoms. The molecule has 4 N–H and O–H groups in total. The highest BCUT2D eigenvalue weighted by atomic mass is 79.9. The molecule has 2 heterocycles. The minimum absolute atomic E-state index is 0.0783. The summed E-state index contributed by atoms with van der Waals surface area (Å²) in [7, 11) is 0. The molecule has 0 unspecified atom stereocenters. The SMILES string of the molecule is Cc1cc(C(=O)O)cc(C(N)=O)c1NC(=O)c1cc(Br)nn1-c1ncccc1Cl. The first-order chi connectivity index (χ1) is 13.7. The molecule has 0 radical (unpaired) electrons. The molecule has 0 saturated carbocycles. The lowest BCUT2D eigenvalue weighted by atomic mass is 10.0. The van der Waals surface area contributed by atoms with Gasteiger partial charge in [-0.1, -0.05) is 11.6 Å². The van der Waals surface area contributed by atoms with Crippen molar-refractivity contribution >= 4 is 51.0 Å². The summed E-state index contributed by atoms with van der Waals surface area (Å²) in [5, 5.41) is 16.2. The van der Waals surface area contributed by atoms with Crippen LogP contribution in [0.4, 0.5) is 5.69 Å². The molecule has 3 aromatic rings. The van der Waals surface area contributed by atoms with Crippen LogP contribution in [0.25, 0.3) is 5.82 Å². The number of hydrogen-bond acceptors (Lipinski definition) is 5.